The zero-order valence-corrected chi connectivity index (χ0v) is 8.63. The van der Waals surface area contributed by atoms with Crippen molar-refractivity contribution in [3.63, 3.8) is 0 Å². The summed E-state index contributed by atoms with van der Waals surface area (Å²) < 4.78 is 1.81. The van der Waals surface area contributed by atoms with Gasteiger partial charge in [0.05, 0.1) is 24.8 Å². The number of imidazole rings is 1. The maximum Gasteiger partial charge on any atom is 0.278 e. The molecule has 2 atom stereocenters. The molecule has 0 radical (unpaired) electrons. The summed E-state index contributed by atoms with van der Waals surface area (Å²) in [4.78, 5) is 22.1. The molecule has 1 aliphatic rings. The minimum absolute atomic E-state index is 0.000648. The standard InChI is InChI=1S/C10H12N4O2/c15-7-3-1-2-6(7)14-5-13-8-9(14)11-4-12-10(8)16/h4-7,15H,1-3H2,(H,11,12,16)/t6-,7-/m1/s1. The van der Waals surface area contributed by atoms with Crippen molar-refractivity contribution in [2.45, 2.75) is 31.4 Å². The number of hydrogen-bond donors (Lipinski definition) is 2. The average Bonchev–Trinajstić information content (AvgIpc) is 2.84. The van der Waals surface area contributed by atoms with Gasteiger partial charge >= 0.3 is 0 Å². The summed E-state index contributed by atoms with van der Waals surface area (Å²) in [6.07, 6.45) is 5.29. The van der Waals surface area contributed by atoms with Crippen LogP contribution in [0.3, 0.4) is 0 Å². The minimum Gasteiger partial charge on any atom is -0.391 e. The second kappa shape index (κ2) is 3.41. The van der Waals surface area contributed by atoms with Crippen molar-refractivity contribution >= 4 is 11.2 Å². The Bertz CT molecular complexity index is 573. The lowest BCUT2D eigenvalue weighted by Gasteiger charge is -2.15. The number of aliphatic hydroxyl groups excluding tert-OH is 1. The van der Waals surface area contributed by atoms with Gasteiger partial charge in [-0.1, -0.05) is 0 Å². The Hall–Kier alpha value is -1.69. The molecule has 16 heavy (non-hydrogen) atoms. The summed E-state index contributed by atoms with van der Waals surface area (Å²) in [5.41, 5.74) is 0.646. The summed E-state index contributed by atoms with van der Waals surface area (Å²) in [6, 6.07) is -0.000648. The molecular formula is C10H12N4O2. The number of nitrogens with one attached hydrogen (secondary N) is 1. The highest BCUT2D eigenvalue weighted by molar-refractivity contribution is 5.68. The zero-order chi connectivity index (χ0) is 11.1. The molecule has 2 heterocycles. The van der Waals surface area contributed by atoms with Gasteiger partial charge in [-0.15, -0.1) is 0 Å². The Morgan fingerprint density at radius 3 is 3.06 bits per heavy atom. The summed E-state index contributed by atoms with van der Waals surface area (Å²) in [7, 11) is 0. The van der Waals surface area contributed by atoms with Crippen LogP contribution < -0.4 is 5.56 Å². The van der Waals surface area contributed by atoms with Crippen molar-refractivity contribution in [3.05, 3.63) is 23.0 Å². The van der Waals surface area contributed by atoms with Crippen LogP contribution in [0.4, 0.5) is 0 Å². The molecular weight excluding hydrogens is 208 g/mol. The van der Waals surface area contributed by atoms with E-state index in [1.165, 1.54) is 6.33 Å². The van der Waals surface area contributed by atoms with Gasteiger partial charge in [-0.05, 0) is 19.3 Å². The Morgan fingerprint density at radius 2 is 2.31 bits per heavy atom. The number of rotatable bonds is 1. The van der Waals surface area contributed by atoms with Crippen LogP contribution in [0.1, 0.15) is 25.3 Å². The van der Waals surface area contributed by atoms with Crippen LogP contribution in [-0.4, -0.2) is 30.7 Å². The molecule has 84 valence electrons. The van der Waals surface area contributed by atoms with Gasteiger partial charge in [0, 0.05) is 0 Å². The third kappa shape index (κ3) is 1.26. The van der Waals surface area contributed by atoms with E-state index in [1.54, 1.807) is 6.33 Å². The largest absolute Gasteiger partial charge is 0.391 e. The van der Waals surface area contributed by atoms with E-state index in [0.29, 0.717) is 11.2 Å². The number of nitrogens with zero attached hydrogens (tertiary/aromatic N) is 3. The quantitative estimate of drug-likeness (QED) is 0.719. The SMILES string of the molecule is O=c1[nH]cnc2c1ncn2[C@@H]1CCC[C@H]1O. The fourth-order valence-electron chi connectivity index (χ4n) is 2.35. The number of aliphatic hydroxyl groups is 1. The predicted octanol–water partition coefficient (Wildman–Crippen LogP) is 0.206. The van der Waals surface area contributed by atoms with Crippen molar-refractivity contribution in [1.29, 1.82) is 0 Å². The molecule has 1 saturated carbocycles. The molecule has 1 fully saturated rings. The number of aromatic amines is 1. The smallest absolute Gasteiger partial charge is 0.278 e. The Labute approximate surface area is 91.0 Å². The summed E-state index contributed by atoms with van der Waals surface area (Å²) >= 11 is 0. The molecule has 6 nitrogen and oxygen atoms in total. The van der Waals surface area contributed by atoms with Gasteiger partial charge in [0.15, 0.2) is 11.2 Å². The van der Waals surface area contributed by atoms with Gasteiger partial charge in [0.25, 0.3) is 5.56 Å². The van der Waals surface area contributed by atoms with E-state index in [2.05, 4.69) is 15.0 Å². The van der Waals surface area contributed by atoms with E-state index in [9.17, 15) is 9.90 Å². The van der Waals surface area contributed by atoms with Gasteiger partial charge in [-0.25, -0.2) is 9.97 Å². The van der Waals surface area contributed by atoms with Crippen molar-refractivity contribution in [3.8, 4) is 0 Å². The molecule has 2 aromatic rings. The first kappa shape index (κ1) is 9.53. The first-order valence-electron chi connectivity index (χ1n) is 5.35. The molecule has 2 aromatic heterocycles. The van der Waals surface area contributed by atoms with E-state index in [0.717, 1.165) is 19.3 Å². The number of aromatic nitrogens is 4. The van der Waals surface area contributed by atoms with Crippen LogP contribution in [0.2, 0.25) is 0 Å². The molecule has 0 saturated heterocycles. The second-order valence-corrected chi connectivity index (χ2v) is 4.12. The average molecular weight is 220 g/mol. The lowest BCUT2D eigenvalue weighted by atomic mass is 10.2. The normalized spacial score (nSPS) is 25.3. The van der Waals surface area contributed by atoms with Crippen LogP contribution in [0.15, 0.2) is 17.4 Å². The molecule has 2 N–H and O–H groups in total. The molecule has 1 aliphatic carbocycles. The number of fused-ring (bicyclic) bond motifs is 1. The van der Waals surface area contributed by atoms with Crippen molar-refractivity contribution < 1.29 is 5.11 Å². The molecule has 0 spiro atoms. The topological polar surface area (TPSA) is 83.8 Å². The van der Waals surface area contributed by atoms with E-state index in [-0.39, 0.29) is 17.7 Å². The molecule has 0 amide bonds. The minimum atomic E-state index is -0.363. The summed E-state index contributed by atoms with van der Waals surface area (Å²) in [5.74, 6) is 0. The molecule has 6 heteroatoms. The van der Waals surface area contributed by atoms with Crippen LogP contribution in [-0.2, 0) is 0 Å². The molecule has 0 unspecified atom stereocenters. The lowest BCUT2D eigenvalue weighted by molar-refractivity contribution is 0.138. The number of hydrogen-bond acceptors (Lipinski definition) is 4. The Balaban J connectivity index is 2.18. The van der Waals surface area contributed by atoms with Crippen molar-refractivity contribution in [1.82, 2.24) is 19.5 Å². The highest BCUT2D eigenvalue weighted by atomic mass is 16.3. The predicted molar refractivity (Wildman–Crippen MR) is 57.0 cm³/mol. The fourth-order valence-corrected chi connectivity index (χ4v) is 2.35. The van der Waals surface area contributed by atoms with Crippen LogP contribution in [0.5, 0.6) is 0 Å². The lowest BCUT2D eigenvalue weighted by Crippen LogP contribution is -2.18. The van der Waals surface area contributed by atoms with E-state index in [4.69, 9.17) is 0 Å². The van der Waals surface area contributed by atoms with Gasteiger partial charge < -0.3 is 14.7 Å². The third-order valence-corrected chi connectivity index (χ3v) is 3.17. The molecule has 0 aliphatic heterocycles. The van der Waals surface area contributed by atoms with Gasteiger partial charge in [-0.2, -0.15) is 0 Å². The van der Waals surface area contributed by atoms with Crippen molar-refractivity contribution in [2.24, 2.45) is 0 Å². The summed E-state index contributed by atoms with van der Waals surface area (Å²) in [6.45, 7) is 0. The fraction of sp³-hybridized carbons (Fsp3) is 0.500. The maximum atomic E-state index is 11.5. The first-order chi connectivity index (χ1) is 7.77. The van der Waals surface area contributed by atoms with Gasteiger partial charge in [0.2, 0.25) is 0 Å². The van der Waals surface area contributed by atoms with E-state index in [1.807, 2.05) is 4.57 Å². The van der Waals surface area contributed by atoms with Crippen LogP contribution >= 0.6 is 0 Å². The van der Waals surface area contributed by atoms with Crippen molar-refractivity contribution in [2.75, 3.05) is 0 Å². The van der Waals surface area contributed by atoms with E-state index < -0.39 is 0 Å². The van der Waals surface area contributed by atoms with Gasteiger partial charge in [0.1, 0.15) is 0 Å². The highest BCUT2D eigenvalue weighted by Gasteiger charge is 2.28. The first-order valence-corrected chi connectivity index (χ1v) is 5.35. The van der Waals surface area contributed by atoms with Gasteiger partial charge in [-0.3, -0.25) is 4.79 Å². The Kier molecular flexibility index (Phi) is 2.03. The number of H-pyrrole nitrogens is 1. The molecule has 0 bridgehead atoms. The molecule has 0 aromatic carbocycles. The third-order valence-electron chi connectivity index (χ3n) is 3.17. The van der Waals surface area contributed by atoms with Crippen LogP contribution in [0.25, 0.3) is 11.2 Å². The highest BCUT2D eigenvalue weighted by Crippen LogP contribution is 2.31. The van der Waals surface area contributed by atoms with E-state index >= 15 is 0 Å². The zero-order valence-electron chi connectivity index (χ0n) is 8.63. The maximum absolute atomic E-state index is 11.5. The summed E-state index contributed by atoms with van der Waals surface area (Å²) in [5, 5.41) is 9.83. The van der Waals surface area contributed by atoms with Crippen LogP contribution in [0, 0.1) is 0 Å². The second-order valence-electron chi connectivity index (χ2n) is 4.12. The Morgan fingerprint density at radius 1 is 1.44 bits per heavy atom. The molecule has 3 rings (SSSR count). The monoisotopic (exact) mass is 220 g/mol.